The topological polar surface area (TPSA) is 12.0 Å². The van der Waals surface area contributed by atoms with E-state index in [4.69, 9.17) is 0 Å². The SMILES string of the molecule is Cc1ccc(C23CNCC2C3)cc1F.Cl. The van der Waals surface area contributed by atoms with Crippen LogP contribution in [0.3, 0.4) is 0 Å². The number of hydrogen-bond donors (Lipinski definition) is 1. The van der Waals surface area contributed by atoms with Gasteiger partial charge in [0.1, 0.15) is 5.82 Å². The molecule has 1 N–H and O–H groups in total. The van der Waals surface area contributed by atoms with Crippen molar-refractivity contribution in [2.24, 2.45) is 5.92 Å². The molecule has 2 atom stereocenters. The largest absolute Gasteiger partial charge is 0.316 e. The van der Waals surface area contributed by atoms with Gasteiger partial charge in [0, 0.05) is 12.0 Å². The fraction of sp³-hybridized carbons (Fsp3) is 0.500. The van der Waals surface area contributed by atoms with Crippen LogP contribution in [-0.2, 0) is 5.41 Å². The third kappa shape index (κ3) is 1.47. The van der Waals surface area contributed by atoms with Crippen molar-refractivity contribution in [3.05, 3.63) is 35.1 Å². The van der Waals surface area contributed by atoms with E-state index in [-0.39, 0.29) is 23.6 Å². The Morgan fingerprint density at radius 3 is 2.80 bits per heavy atom. The molecule has 0 spiro atoms. The highest BCUT2D eigenvalue weighted by molar-refractivity contribution is 5.85. The average molecular weight is 228 g/mol. The molecule has 15 heavy (non-hydrogen) atoms. The summed E-state index contributed by atoms with van der Waals surface area (Å²) >= 11 is 0. The van der Waals surface area contributed by atoms with Crippen molar-refractivity contribution in [3.8, 4) is 0 Å². The predicted molar refractivity (Wildman–Crippen MR) is 61.0 cm³/mol. The molecule has 1 saturated carbocycles. The van der Waals surface area contributed by atoms with E-state index in [2.05, 4.69) is 11.4 Å². The van der Waals surface area contributed by atoms with Crippen LogP contribution in [0.15, 0.2) is 18.2 Å². The Labute approximate surface area is 95.5 Å². The molecule has 0 radical (unpaired) electrons. The van der Waals surface area contributed by atoms with E-state index in [0.29, 0.717) is 0 Å². The molecule has 1 aromatic carbocycles. The summed E-state index contributed by atoms with van der Waals surface area (Å²) in [6.45, 7) is 3.95. The maximum absolute atomic E-state index is 13.4. The quantitative estimate of drug-likeness (QED) is 0.777. The maximum Gasteiger partial charge on any atom is 0.126 e. The van der Waals surface area contributed by atoms with Crippen LogP contribution in [0, 0.1) is 18.7 Å². The Hall–Kier alpha value is -0.600. The van der Waals surface area contributed by atoms with Crippen LogP contribution in [0.2, 0.25) is 0 Å². The molecular weight excluding hydrogens is 213 g/mol. The summed E-state index contributed by atoms with van der Waals surface area (Å²) in [5, 5.41) is 3.37. The lowest BCUT2D eigenvalue weighted by atomic mass is 9.94. The molecule has 1 aliphatic carbocycles. The first-order valence-electron chi connectivity index (χ1n) is 5.20. The summed E-state index contributed by atoms with van der Waals surface area (Å²) < 4.78 is 13.4. The van der Waals surface area contributed by atoms with Gasteiger partial charge in [-0.1, -0.05) is 12.1 Å². The smallest absolute Gasteiger partial charge is 0.126 e. The third-order valence-electron chi connectivity index (χ3n) is 3.81. The molecular formula is C12H15ClFN. The highest BCUT2D eigenvalue weighted by atomic mass is 35.5. The first-order valence-corrected chi connectivity index (χ1v) is 5.20. The number of fused-ring (bicyclic) bond motifs is 1. The van der Waals surface area contributed by atoms with Crippen LogP contribution in [-0.4, -0.2) is 13.1 Å². The molecule has 0 bridgehead atoms. The average Bonchev–Trinajstić information content (AvgIpc) is 2.75. The van der Waals surface area contributed by atoms with Crippen molar-refractivity contribution in [2.75, 3.05) is 13.1 Å². The molecule has 1 heterocycles. The van der Waals surface area contributed by atoms with Gasteiger partial charge in [0.25, 0.3) is 0 Å². The molecule has 2 unspecified atom stereocenters. The van der Waals surface area contributed by atoms with E-state index in [1.165, 1.54) is 12.0 Å². The second kappa shape index (κ2) is 3.46. The lowest BCUT2D eigenvalue weighted by molar-refractivity contribution is 0.606. The van der Waals surface area contributed by atoms with Crippen LogP contribution in [0.5, 0.6) is 0 Å². The van der Waals surface area contributed by atoms with Gasteiger partial charge in [-0.05, 0) is 43.0 Å². The number of aryl methyl sites for hydroxylation is 1. The van der Waals surface area contributed by atoms with E-state index in [1.807, 2.05) is 13.0 Å². The molecule has 2 aliphatic rings. The minimum atomic E-state index is -0.0607. The number of rotatable bonds is 1. The molecule has 3 heteroatoms. The van der Waals surface area contributed by atoms with Gasteiger partial charge in [0.05, 0.1) is 0 Å². The van der Waals surface area contributed by atoms with Gasteiger partial charge in [-0.15, -0.1) is 12.4 Å². The van der Waals surface area contributed by atoms with Gasteiger partial charge in [-0.3, -0.25) is 0 Å². The monoisotopic (exact) mass is 227 g/mol. The molecule has 0 aromatic heterocycles. The summed E-state index contributed by atoms with van der Waals surface area (Å²) in [6, 6.07) is 5.71. The zero-order valence-electron chi connectivity index (χ0n) is 8.72. The van der Waals surface area contributed by atoms with Gasteiger partial charge < -0.3 is 5.32 Å². The first kappa shape index (κ1) is 10.9. The highest BCUT2D eigenvalue weighted by Crippen LogP contribution is 2.56. The van der Waals surface area contributed by atoms with Crippen LogP contribution in [0.25, 0.3) is 0 Å². The number of benzene rings is 1. The fourth-order valence-electron chi connectivity index (χ4n) is 2.69. The molecule has 1 saturated heterocycles. The second-order valence-corrected chi connectivity index (χ2v) is 4.65. The van der Waals surface area contributed by atoms with Gasteiger partial charge in [0.2, 0.25) is 0 Å². The Morgan fingerprint density at radius 2 is 2.27 bits per heavy atom. The lowest BCUT2D eigenvalue weighted by Crippen LogP contribution is -2.19. The Bertz CT molecular complexity index is 393. The van der Waals surface area contributed by atoms with E-state index in [9.17, 15) is 4.39 Å². The van der Waals surface area contributed by atoms with Crippen LogP contribution in [0.1, 0.15) is 17.5 Å². The van der Waals surface area contributed by atoms with E-state index >= 15 is 0 Å². The van der Waals surface area contributed by atoms with Gasteiger partial charge in [-0.2, -0.15) is 0 Å². The summed E-state index contributed by atoms with van der Waals surface area (Å²) in [5.41, 5.74) is 2.22. The zero-order valence-corrected chi connectivity index (χ0v) is 9.53. The number of piperidine rings is 1. The van der Waals surface area contributed by atoms with Gasteiger partial charge in [0.15, 0.2) is 0 Å². The fourth-order valence-corrected chi connectivity index (χ4v) is 2.69. The Balaban J connectivity index is 0.000000853. The van der Waals surface area contributed by atoms with Crippen LogP contribution in [0.4, 0.5) is 4.39 Å². The van der Waals surface area contributed by atoms with Crippen molar-refractivity contribution in [2.45, 2.75) is 18.8 Å². The molecule has 82 valence electrons. The normalized spacial score (nSPS) is 32.0. The lowest BCUT2D eigenvalue weighted by Gasteiger charge is -2.12. The second-order valence-electron chi connectivity index (χ2n) is 4.65. The van der Waals surface area contributed by atoms with Gasteiger partial charge >= 0.3 is 0 Å². The predicted octanol–water partition coefficient (Wildman–Crippen LogP) is 2.42. The molecule has 2 fully saturated rings. The minimum Gasteiger partial charge on any atom is -0.316 e. The van der Waals surface area contributed by atoms with Crippen molar-refractivity contribution >= 4 is 12.4 Å². The van der Waals surface area contributed by atoms with Crippen LogP contribution < -0.4 is 5.32 Å². The summed E-state index contributed by atoms with van der Waals surface area (Å²) in [5.74, 6) is 0.694. The Morgan fingerprint density at radius 1 is 1.47 bits per heavy atom. The standard InChI is InChI=1S/C12H14FN.ClH/c1-8-2-3-9(4-11(8)13)12-5-10(12)6-14-7-12;/h2-4,10,14H,5-7H2,1H3;1H. The first-order chi connectivity index (χ1) is 6.72. The van der Waals surface area contributed by atoms with Crippen molar-refractivity contribution in [1.29, 1.82) is 0 Å². The highest BCUT2D eigenvalue weighted by Gasteiger charge is 2.58. The van der Waals surface area contributed by atoms with E-state index in [1.54, 1.807) is 6.07 Å². The number of hydrogen-bond acceptors (Lipinski definition) is 1. The van der Waals surface area contributed by atoms with Crippen molar-refractivity contribution in [1.82, 2.24) is 5.32 Å². The van der Waals surface area contributed by atoms with E-state index in [0.717, 1.165) is 24.6 Å². The maximum atomic E-state index is 13.4. The Kier molecular flexibility index (Phi) is 2.52. The summed E-state index contributed by atoms with van der Waals surface area (Å²) in [6.07, 6.45) is 1.24. The zero-order chi connectivity index (χ0) is 9.76. The van der Waals surface area contributed by atoms with E-state index < -0.39 is 0 Å². The summed E-state index contributed by atoms with van der Waals surface area (Å²) in [4.78, 5) is 0. The van der Waals surface area contributed by atoms with Crippen molar-refractivity contribution < 1.29 is 4.39 Å². The molecule has 0 amide bonds. The molecule has 1 nitrogen and oxygen atoms in total. The molecule has 1 aromatic rings. The summed E-state index contributed by atoms with van der Waals surface area (Å²) in [7, 11) is 0. The number of halogens is 2. The van der Waals surface area contributed by atoms with Crippen LogP contribution >= 0.6 is 12.4 Å². The molecule has 1 aliphatic heterocycles. The van der Waals surface area contributed by atoms with Gasteiger partial charge in [-0.25, -0.2) is 4.39 Å². The van der Waals surface area contributed by atoms with Crippen molar-refractivity contribution in [3.63, 3.8) is 0 Å². The third-order valence-corrected chi connectivity index (χ3v) is 3.81. The minimum absolute atomic E-state index is 0. The number of nitrogens with one attached hydrogen (secondary N) is 1. The molecule has 3 rings (SSSR count).